The van der Waals surface area contributed by atoms with E-state index in [2.05, 4.69) is 15.2 Å². The van der Waals surface area contributed by atoms with Gasteiger partial charge in [0, 0.05) is 11.1 Å². The van der Waals surface area contributed by atoms with Crippen LogP contribution in [0.4, 0.5) is 4.39 Å². The van der Waals surface area contributed by atoms with Gasteiger partial charge in [0.2, 0.25) is 0 Å². The number of benzene rings is 2. The molecule has 98 valence electrons. The van der Waals surface area contributed by atoms with E-state index in [-0.39, 0.29) is 5.82 Å². The molecule has 0 N–H and O–H groups in total. The molecule has 0 saturated carbocycles. The molecule has 0 bridgehead atoms. The number of aryl methyl sites for hydroxylation is 1. The number of aromatic nitrogens is 3. The van der Waals surface area contributed by atoms with Gasteiger partial charge >= 0.3 is 0 Å². The molecule has 3 nitrogen and oxygen atoms in total. The predicted molar refractivity (Wildman–Crippen MR) is 75.4 cm³/mol. The average molecular weight is 265 g/mol. The van der Waals surface area contributed by atoms with Gasteiger partial charge < -0.3 is 0 Å². The maximum Gasteiger partial charge on any atom is 0.138 e. The zero-order valence-corrected chi connectivity index (χ0v) is 10.9. The Bertz CT molecular complexity index is 657. The van der Waals surface area contributed by atoms with Gasteiger partial charge in [0.05, 0.1) is 0 Å². The molecule has 4 heteroatoms. The van der Waals surface area contributed by atoms with Gasteiger partial charge in [-0.25, -0.2) is 9.37 Å². The Morgan fingerprint density at radius 3 is 2.10 bits per heavy atom. The van der Waals surface area contributed by atoms with E-state index in [0.717, 1.165) is 16.8 Å². The molecule has 0 aliphatic heterocycles. The SMILES string of the molecule is Cc1ccc(-c2ncnnc2-c2ccc(F)cc2)cc1. The molecule has 0 saturated heterocycles. The molecule has 1 heterocycles. The lowest BCUT2D eigenvalue weighted by atomic mass is 10.0. The summed E-state index contributed by atoms with van der Waals surface area (Å²) in [6.07, 6.45) is 1.42. The van der Waals surface area contributed by atoms with Gasteiger partial charge in [-0.15, -0.1) is 10.2 Å². The molecule has 0 aliphatic carbocycles. The third-order valence-corrected chi connectivity index (χ3v) is 3.06. The molecular weight excluding hydrogens is 253 g/mol. The van der Waals surface area contributed by atoms with Crippen molar-refractivity contribution in [3.05, 3.63) is 66.2 Å². The second-order valence-electron chi connectivity index (χ2n) is 4.53. The normalized spacial score (nSPS) is 10.5. The molecule has 0 unspecified atom stereocenters. The van der Waals surface area contributed by atoms with Crippen LogP contribution in [0.1, 0.15) is 5.56 Å². The Kier molecular flexibility index (Phi) is 3.21. The number of nitrogens with zero attached hydrogens (tertiary/aromatic N) is 3. The third kappa shape index (κ3) is 2.40. The number of hydrogen-bond donors (Lipinski definition) is 0. The van der Waals surface area contributed by atoms with E-state index in [9.17, 15) is 4.39 Å². The van der Waals surface area contributed by atoms with Gasteiger partial charge in [-0.05, 0) is 31.2 Å². The van der Waals surface area contributed by atoms with Crippen molar-refractivity contribution >= 4 is 0 Å². The van der Waals surface area contributed by atoms with Gasteiger partial charge in [-0.2, -0.15) is 0 Å². The van der Waals surface area contributed by atoms with E-state index in [1.807, 2.05) is 31.2 Å². The quantitative estimate of drug-likeness (QED) is 0.710. The van der Waals surface area contributed by atoms with E-state index in [1.54, 1.807) is 12.1 Å². The molecule has 0 radical (unpaired) electrons. The highest BCUT2D eigenvalue weighted by atomic mass is 19.1. The van der Waals surface area contributed by atoms with Crippen LogP contribution in [0.5, 0.6) is 0 Å². The number of hydrogen-bond acceptors (Lipinski definition) is 3. The van der Waals surface area contributed by atoms with Gasteiger partial charge in [-0.3, -0.25) is 0 Å². The lowest BCUT2D eigenvalue weighted by Gasteiger charge is -2.07. The second-order valence-corrected chi connectivity index (χ2v) is 4.53. The summed E-state index contributed by atoms with van der Waals surface area (Å²) in [6, 6.07) is 14.2. The first-order chi connectivity index (χ1) is 9.74. The van der Waals surface area contributed by atoms with E-state index in [0.29, 0.717) is 5.69 Å². The molecule has 20 heavy (non-hydrogen) atoms. The number of rotatable bonds is 2. The Hall–Kier alpha value is -2.62. The molecule has 0 spiro atoms. The Morgan fingerprint density at radius 1 is 0.800 bits per heavy atom. The lowest BCUT2D eigenvalue weighted by molar-refractivity contribution is 0.628. The van der Waals surface area contributed by atoms with Crippen molar-refractivity contribution < 1.29 is 4.39 Å². The van der Waals surface area contributed by atoms with Crippen LogP contribution in [-0.4, -0.2) is 15.2 Å². The van der Waals surface area contributed by atoms with Crippen LogP contribution in [0, 0.1) is 12.7 Å². The molecule has 3 rings (SSSR count). The molecule has 0 amide bonds. The van der Waals surface area contributed by atoms with Crippen LogP contribution >= 0.6 is 0 Å². The molecule has 1 aromatic heterocycles. The first kappa shape index (κ1) is 12.4. The second kappa shape index (κ2) is 5.17. The van der Waals surface area contributed by atoms with E-state index < -0.39 is 0 Å². The topological polar surface area (TPSA) is 38.7 Å². The van der Waals surface area contributed by atoms with Crippen molar-refractivity contribution in [2.24, 2.45) is 0 Å². The minimum absolute atomic E-state index is 0.275. The van der Waals surface area contributed by atoms with Crippen LogP contribution in [0.15, 0.2) is 54.9 Å². The molecule has 3 aromatic rings. The fourth-order valence-electron chi connectivity index (χ4n) is 2.00. The molecule has 0 atom stereocenters. The largest absolute Gasteiger partial charge is 0.232 e. The van der Waals surface area contributed by atoms with Crippen molar-refractivity contribution in [1.29, 1.82) is 0 Å². The van der Waals surface area contributed by atoms with E-state index in [1.165, 1.54) is 24.0 Å². The maximum absolute atomic E-state index is 13.0. The van der Waals surface area contributed by atoms with Crippen molar-refractivity contribution in [3.8, 4) is 22.5 Å². The highest BCUT2D eigenvalue weighted by Gasteiger charge is 2.10. The van der Waals surface area contributed by atoms with Crippen molar-refractivity contribution in [1.82, 2.24) is 15.2 Å². The first-order valence-electron chi connectivity index (χ1n) is 6.25. The van der Waals surface area contributed by atoms with Gasteiger partial charge in [0.15, 0.2) is 0 Å². The summed E-state index contributed by atoms with van der Waals surface area (Å²) in [7, 11) is 0. The summed E-state index contributed by atoms with van der Waals surface area (Å²) in [5.74, 6) is -0.275. The van der Waals surface area contributed by atoms with E-state index in [4.69, 9.17) is 0 Å². The summed E-state index contributed by atoms with van der Waals surface area (Å²) >= 11 is 0. The summed E-state index contributed by atoms with van der Waals surface area (Å²) in [6.45, 7) is 2.03. The van der Waals surface area contributed by atoms with Crippen LogP contribution in [0.25, 0.3) is 22.5 Å². The van der Waals surface area contributed by atoms with Crippen molar-refractivity contribution in [2.75, 3.05) is 0 Å². The highest BCUT2D eigenvalue weighted by molar-refractivity contribution is 5.77. The fraction of sp³-hybridized carbons (Fsp3) is 0.0625. The van der Waals surface area contributed by atoms with Gasteiger partial charge in [-0.1, -0.05) is 29.8 Å². The highest BCUT2D eigenvalue weighted by Crippen LogP contribution is 2.27. The molecule has 2 aromatic carbocycles. The summed E-state index contributed by atoms with van der Waals surface area (Å²) in [4.78, 5) is 4.31. The average Bonchev–Trinajstić information content (AvgIpc) is 2.49. The summed E-state index contributed by atoms with van der Waals surface area (Å²) < 4.78 is 13.0. The van der Waals surface area contributed by atoms with Gasteiger partial charge in [0.25, 0.3) is 0 Å². The smallest absolute Gasteiger partial charge is 0.138 e. The van der Waals surface area contributed by atoms with E-state index >= 15 is 0 Å². The fourth-order valence-corrected chi connectivity index (χ4v) is 2.00. The van der Waals surface area contributed by atoms with Crippen LogP contribution in [0.2, 0.25) is 0 Å². The van der Waals surface area contributed by atoms with Crippen LogP contribution in [0.3, 0.4) is 0 Å². The maximum atomic E-state index is 13.0. The van der Waals surface area contributed by atoms with Crippen LogP contribution < -0.4 is 0 Å². The third-order valence-electron chi connectivity index (χ3n) is 3.06. The summed E-state index contributed by atoms with van der Waals surface area (Å²) in [5, 5.41) is 7.97. The lowest BCUT2D eigenvalue weighted by Crippen LogP contribution is -1.95. The minimum Gasteiger partial charge on any atom is -0.232 e. The molecule has 0 aliphatic rings. The minimum atomic E-state index is -0.275. The Morgan fingerprint density at radius 2 is 1.40 bits per heavy atom. The Balaban J connectivity index is 2.13. The Labute approximate surface area is 116 Å². The van der Waals surface area contributed by atoms with Crippen molar-refractivity contribution in [3.63, 3.8) is 0 Å². The van der Waals surface area contributed by atoms with Crippen LogP contribution in [-0.2, 0) is 0 Å². The molecule has 0 fully saturated rings. The number of halogens is 1. The summed E-state index contributed by atoms with van der Waals surface area (Å²) in [5.41, 5.74) is 4.33. The standard InChI is InChI=1S/C16H12FN3/c1-11-2-4-12(5-3-11)15-16(20-19-10-18-15)13-6-8-14(17)9-7-13/h2-10H,1H3. The zero-order chi connectivity index (χ0) is 13.9. The van der Waals surface area contributed by atoms with Gasteiger partial charge in [0.1, 0.15) is 23.5 Å². The predicted octanol–water partition coefficient (Wildman–Crippen LogP) is 3.65. The van der Waals surface area contributed by atoms with Crippen molar-refractivity contribution in [2.45, 2.75) is 6.92 Å². The zero-order valence-electron chi connectivity index (χ0n) is 10.9. The monoisotopic (exact) mass is 265 g/mol. The molecular formula is C16H12FN3. The first-order valence-corrected chi connectivity index (χ1v) is 6.25.